The van der Waals surface area contributed by atoms with Crippen LogP contribution < -0.4 is 16.0 Å². The van der Waals surface area contributed by atoms with Crippen LogP contribution in [-0.4, -0.2) is 6.41 Å². The van der Waals surface area contributed by atoms with Gasteiger partial charge in [-0.3, -0.25) is 4.79 Å². The molecule has 1 saturated heterocycles. The van der Waals surface area contributed by atoms with Gasteiger partial charge in [-0.25, -0.2) is 0 Å². The molecule has 4 rings (SSSR count). The van der Waals surface area contributed by atoms with Gasteiger partial charge in [0, 0.05) is 17.1 Å². The van der Waals surface area contributed by atoms with Gasteiger partial charge in [-0.15, -0.1) is 0 Å². The van der Waals surface area contributed by atoms with Crippen molar-refractivity contribution in [2.75, 3.05) is 16.0 Å². The van der Waals surface area contributed by atoms with Crippen LogP contribution in [0, 0.1) is 0 Å². The Morgan fingerprint density at radius 1 is 0.903 bits per heavy atom. The summed E-state index contributed by atoms with van der Waals surface area (Å²) >= 11 is 0. The molecule has 160 valence electrons. The number of nitrogen functional groups attached to an aromatic ring is 1. The fourth-order valence-corrected chi connectivity index (χ4v) is 4.59. The SMILES string of the molecule is CC(C)(C)c1ccc(N2C(c3ccc(NC=O)cc3)CCC2c2cccc(N)c2)cc1. The maximum atomic E-state index is 10.7. The molecule has 0 aromatic heterocycles. The Kier molecular flexibility index (Phi) is 5.73. The monoisotopic (exact) mass is 413 g/mol. The van der Waals surface area contributed by atoms with Crippen LogP contribution in [0.4, 0.5) is 17.1 Å². The van der Waals surface area contributed by atoms with E-state index in [0.717, 1.165) is 24.2 Å². The van der Waals surface area contributed by atoms with Crippen LogP contribution in [0.15, 0.2) is 72.8 Å². The van der Waals surface area contributed by atoms with Crippen LogP contribution in [0.25, 0.3) is 0 Å². The second-order valence-corrected chi connectivity index (χ2v) is 9.37. The molecule has 4 nitrogen and oxygen atoms in total. The number of rotatable bonds is 5. The maximum absolute atomic E-state index is 10.7. The summed E-state index contributed by atoms with van der Waals surface area (Å²) < 4.78 is 0. The Bertz CT molecular complexity index is 1040. The zero-order valence-electron chi connectivity index (χ0n) is 18.5. The van der Waals surface area contributed by atoms with Gasteiger partial charge in [-0.05, 0) is 71.3 Å². The molecule has 0 spiro atoms. The smallest absolute Gasteiger partial charge is 0.211 e. The number of nitrogens with two attached hydrogens (primary N) is 1. The average molecular weight is 414 g/mol. The molecule has 2 unspecified atom stereocenters. The molecule has 0 aliphatic carbocycles. The Morgan fingerprint density at radius 3 is 2.13 bits per heavy atom. The molecule has 3 N–H and O–H groups in total. The van der Waals surface area contributed by atoms with E-state index >= 15 is 0 Å². The maximum Gasteiger partial charge on any atom is 0.211 e. The quantitative estimate of drug-likeness (QED) is 0.386. The van der Waals surface area contributed by atoms with E-state index in [2.05, 4.69) is 79.5 Å². The van der Waals surface area contributed by atoms with Gasteiger partial charge in [0.2, 0.25) is 6.41 Å². The van der Waals surface area contributed by atoms with Crippen molar-refractivity contribution in [2.45, 2.75) is 51.1 Å². The van der Waals surface area contributed by atoms with Crippen molar-refractivity contribution in [3.63, 3.8) is 0 Å². The number of amides is 1. The predicted octanol–water partition coefficient (Wildman–Crippen LogP) is 6.22. The summed E-state index contributed by atoms with van der Waals surface area (Å²) in [5, 5.41) is 2.72. The Hall–Kier alpha value is -3.27. The van der Waals surface area contributed by atoms with Gasteiger partial charge in [0.15, 0.2) is 0 Å². The van der Waals surface area contributed by atoms with Crippen molar-refractivity contribution in [3.8, 4) is 0 Å². The zero-order chi connectivity index (χ0) is 22.0. The summed E-state index contributed by atoms with van der Waals surface area (Å²) in [7, 11) is 0. The lowest BCUT2D eigenvalue weighted by atomic mass is 9.87. The second-order valence-electron chi connectivity index (χ2n) is 9.37. The van der Waals surface area contributed by atoms with Crippen molar-refractivity contribution in [3.05, 3.63) is 89.5 Å². The first-order chi connectivity index (χ1) is 14.9. The second kappa shape index (κ2) is 8.46. The van der Waals surface area contributed by atoms with Crippen molar-refractivity contribution in [1.82, 2.24) is 0 Å². The average Bonchev–Trinajstić information content (AvgIpc) is 3.19. The molecule has 3 aromatic rings. The summed E-state index contributed by atoms with van der Waals surface area (Å²) in [5.41, 5.74) is 12.9. The number of hydrogen-bond acceptors (Lipinski definition) is 3. The van der Waals surface area contributed by atoms with Gasteiger partial charge in [0.25, 0.3) is 0 Å². The fraction of sp³-hybridized carbons (Fsp3) is 0.296. The highest BCUT2D eigenvalue weighted by molar-refractivity contribution is 5.71. The molecule has 1 fully saturated rings. The van der Waals surface area contributed by atoms with Gasteiger partial charge >= 0.3 is 0 Å². The van der Waals surface area contributed by atoms with Crippen LogP contribution in [0.3, 0.4) is 0 Å². The van der Waals surface area contributed by atoms with Gasteiger partial charge in [0.1, 0.15) is 0 Å². The first-order valence-electron chi connectivity index (χ1n) is 10.9. The Balaban J connectivity index is 1.73. The minimum Gasteiger partial charge on any atom is -0.399 e. The summed E-state index contributed by atoms with van der Waals surface area (Å²) in [6.45, 7) is 6.72. The van der Waals surface area contributed by atoms with Crippen molar-refractivity contribution in [2.24, 2.45) is 0 Å². The number of nitrogens with zero attached hydrogens (tertiary/aromatic N) is 1. The lowest BCUT2D eigenvalue weighted by molar-refractivity contribution is -0.105. The van der Waals surface area contributed by atoms with E-state index in [4.69, 9.17) is 5.73 Å². The van der Waals surface area contributed by atoms with E-state index in [0.29, 0.717) is 6.41 Å². The zero-order valence-corrected chi connectivity index (χ0v) is 18.5. The highest BCUT2D eigenvalue weighted by Crippen LogP contribution is 2.47. The molecule has 1 amide bonds. The molecule has 2 atom stereocenters. The summed E-state index contributed by atoms with van der Waals surface area (Å²) in [6.07, 6.45) is 2.83. The predicted molar refractivity (Wildman–Crippen MR) is 129 cm³/mol. The topological polar surface area (TPSA) is 58.4 Å². The van der Waals surface area contributed by atoms with E-state index in [9.17, 15) is 4.79 Å². The van der Waals surface area contributed by atoms with Crippen LogP contribution in [-0.2, 0) is 10.2 Å². The molecule has 1 aliphatic heterocycles. The molecule has 31 heavy (non-hydrogen) atoms. The van der Waals surface area contributed by atoms with E-state index in [1.54, 1.807) is 0 Å². The molecule has 0 bridgehead atoms. The Morgan fingerprint density at radius 2 is 1.55 bits per heavy atom. The lowest BCUT2D eigenvalue weighted by Crippen LogP contribution is -2.26. The largest absolute Gasteiger partial charge is 0.399 e. The number of anilines is 3. The number of nitrogens with one attached hydrogen (secondary N) is 1. The molecule has 0 radical (unpaired) electrons. The van der Waals surface area contributed by atoms with Gasteiger partial charge in [0.05, 0.1) is 12.1 Å². The number of hydrogen-bond donors (Lipinski definition) is 2. The van der Waals surface area contributed by atoms with Crippen molar-refractivity contribution >= 4 is 23.5 Å². The molecular weight excluding hydrogens is 382 g/mol. The number of carbonyl (C=O) groups excluding carboxylic acids is 1. The minimum atomic E-state index is 0.123. The number of carbonyl (C=O) groups is 1. The molecule has 1 heterocycles. The third-order valence-electron chi connectivity index (χ3n) is 6.23. The fourth-order valence-electron chi connectivity index (χ4n) is 4.59. The number of benzene rings is 3. The van der Waals surface area contributed by atoms with Crippen LogP contribution in [0.5, 0.6) is 0 Å². The van der Waals surface area contributed by atoms with Gasteiger partial charge in [-0.2, -0.15) is 0 Å². The van der Waals surface area contributed by atoms with Crippen LogP contribution in [0.1, 0.15) is 62.4 Å². The Labute approximate surface area is 185 Å². The highest BCUT2D eigenvalue weighted by atomic mass is 16.1. The molecule has 4 heteroatoms. The third-order valence-corrected chi connectivity index (χ3v) is 6.23. The van der Waals surface area contributed by atoms with Crippen LogP contribution in [0.2, 0.25) is 0 Å². The minimum absolute atomic E-state index is 0.123. The van der Waals surface area contributed by atoms with Gasteiger partial charge < -0.3 is 16.0 Å². The summed E-state index contributed by atoms with van der Waals surface area (Å²) in [4.78, 5) is 13.3. The molecule has 3 aromatic carbocycles. The van der Waals surface area contributed by atoms with Crippen molar-refractivity contribution in [1.29, 1.82) is 0 Å². The molecular formula is C27H31N3O. The van der Waals surface area contributed by atoms with Gasteiger partial charge in [-0.1, -0.05) is 57.2 Å². The normalized spacial score (nSPS) is 18.7. The summed E-state index contributed by atoms with van der Waals surface area (Å²) in [6, 6.07) is 26.0. The van der Waals surface area contributed by atoms with E-state index < -0.39 is 0 Å². The van der Waals surface area contributed by atoms with E-state index in [-0.39, 0.29) is 17.5 Å². The first-order valence-corrected chi connectivity index (χ1v) is 10.9. The summed E-state index contributed by atoms with van der Waals surface area (Å²) in [5.74, 6) is 0. The lowest BCUT2D eigenvalue weighted by Gasteiger charge is -2.34. The third kappa shape index (κ3) is 4.43. The first kappa shape index (κ1) is 21.0. The van der Waals surface area contributed by atoms with Crippen LogP contribution >= 0.6 is 0 Å². The highest BCUT2D eigenvalue weighted by Gasteiger charge is 2.35. The van der Waals surface area contributed by atoms with E-state index in [1.807, 2.05) is 24.3 Å². The molecule has 0 saturated carbocycles. The molecule has 1 aliphatic rings. The van der Waals surface area contributed by atoms with E-state index in [1.165, 1.54) is 22.4 Å². The standard InChI is InChI=1S/C27H31N3O/c1-27(2,3)21-9-13-24(14-10-21)30-25(19-7-11-23(12-8-19)29-18-31)15-16-26(30)20-5-4-6-22(28)17-20/h4-14,17-18,25-26H,15-16,28H2,1-3H3,(H,29,31). The van der Waals surface area contributed by atoms with Crippen molar-refractivity contribution < 1.29 is 4.79 Å².